The number of rotatable bonds is 5. The van der Waals surface area contributed by atoms with Crippen molar-refractivity contribution < 1.29 is 28.3 Å². The summed E-state index contributed by atoms with van der Waals surface area (Å²) in [6.07, 6.45) is 0. The summed E-state index contributed by atoms with van der Waals surface area (Å²) < 4.78 is 20.8. The number of aryl methyl sites for hydroxylation is 1. The zero-order valence-electron chi connectivity index (χ0n) is 11.1. The molecule has 2 aromatic rings. The fourth-order valence-electron chi connectivity index (χ4n) is 1.50. The van der Waals surface area contributed by atoms with E-state index < -0.39 is 13.8 Å². The van der Waals surface area contributed by atoms with Gasteiger partial charge in [0.15, 0.2) is 0 Å². The first-order chi connectivity index (χ1) is 9.98. The van der Waals surface area contributed by atoms with Gasteiger partial charge in [-0.3, -0.25) is 9.78 Å². The monoisotopic (exact) mass is 308 g/mol. The molecule has 0 aliphatic heterocycles. The van der Waals surface area contributed by atoms with Crippen LogP contribution in [0.5, 0.6) is 5.75 Å². The molecule has 21 heavy (non-hydrogen) atoms. The van der Waals surface area contributed by atoms with Crippen molar-refractivity contribution in [3.8, 4) is 5.75 Å². The van der Waals surface area contributed by atoms with Crippen LogP contribution < -0.4 is 4.52 Å². The Labute approximate surface area is 121 Å². The zero-order chi connectivity index (χ0) is 15.3. The number of hydrogen-bond donors (Lipinski definition) is 1. The molecule has 7 heteroatoms. The minimum absolute atomic E-state index is 0.166. The number of para-hydroxylation sites is 1. The summed E-state index contributed by atoms with van der Waals surface area (Å²) in [7, 11) is -4.56. The van der Waals surface area contributed by atoms with Gasteiger partial charge in [-0.2, -0.15) is 0 Å². The van der Waals surface area contributed by atoms with Gasteiger partial charge in [-0.05, 0) is 30.7 Å². The molecular weight excluding hydrogens is 295 g/mol. The summed E-state index contributed by atoms with van der Waals surface area (Å²) in [4.78, 5) is 25.4. The lowest BCUT2D eigenvalue weighted by Gasteiger charge is -2.12. The van der Waals surface area contributed by atoms with E-state index in [2.05, 4.69) is 9.56 Å². The highest BCUT2D eigenvalue weighted by atomic mass is 31.2. The molecule has 0 heterocycles. The van der Waals surface area contributed by atoms with Crippen molar-refractivity contribution in [2.75, 3.05) is 0 Å². The van der Waals surface area contributed by atoms with Gasteiger partial charge < -0.3 is 4.52 Å². The van der Waals surface area contributed by atoms with Crippen molar-refractivity contribution in [3.05, 3.63) is 65.7 Å². The van der Waals surface area contributed by atoms with Gasteiger partial charge in [-0.1, -0.05) is 41.1 Å². The molecule has 0 saturated heterocycles. The predicted molar refractivity (Wildman–Crippen MR) is 74.6 cm³/mol. The largest absolute Gasteiger partial charge is 0.564 e. The van der Waals surface area contributed by atoms with Crippen LogP contribution in [0.4, 0.5) is 0 Å². The third-order valence-corrected chi connectivity index (χ3v) is 3.21. The second kappa shape index (κ2) is 6.54. The highest BCUT2D eigenvalue weighted by molar-refractivity contribution is 7.47. The van der Waals surface area contributed by atoms with Crippen molar-refractivity contribution in [3.63, 3.8) is 0 Å². The molecule has 110 valence electrons. The predicted octanol–water partition coefficient (Wildman–Crippen LogP) is 3.26. The molecule has 0 aromatic heterocycles. The average molecular weight is 308 g/mol. The Morgan fingerprint density at radius 2 is 1.67 bits per heavy atom. The van der Waals surface area contributed by atoms with Gasteiger partial charge in [0.25, 0.3) is 0 Å². The van der Waals surface area contributed by atoms with Gasteiger partial charge in [0.1, 0.15) is 5.75 Å². The molecule has 2 aromatic carbocycles. The molecule has 0 aliphatic rings. The molecule has 0 amide bonds. The van der Waals surface area contributed by atoms with Crippen LogP contribution in [-0.2, 0) is 14.1 Å². The molecule has 1 N–H and O–H groups in total. The minimum atomic E-state index is -4.56. The van der Waals surface area contributed by atoms with Crippen molar-refractivity contribution in [1.82, 2.24) is 0 Å². The highest BCUT2D eigenvalue weighted by Crippen LogP contribution is 2.45. The third-order valence-electron chi connectivity index (χ3n) is 2.52. The smallest absolute Gasteiger partial charge is 0.402 e. The maximum atomic E-state index is 11.7. The summed E-state index contributed by atoms with van der Waals surface area (Å²) >= 11 is 0. The molecule has 0 radical (unpaired) electrons. The first-order valence-electron chi connectivity index (χ1n) is 6.01. The van der Waals surface area contributed by atoms with Gasteiger partial charge >= 0.3 is 13.8 Å². The maximum Gasteiger partial charge on any atom is 0.564 e. The number of benzene rings is 2. The van der Waals surface area contributed by atoms with Crippen molar-refractivity contribution >= 4 is 13.8 Å². The van der Waals surface area contributed by atoms with Gasteiger partial charge in [-0.25, -0.2) is 9.36 Å². The zero-order valence-corrected chi connectivity index (χ0v) is 12.0. The van der Waals surface area contributed by atoms with Gasteiger partial charge in [0.2, 0.25) is 0 Å². The summed E-state index contributed by atoms with van der Waals surface area (Å²) in [6, 6.07) is 14.5. The van der Waals surface area contributed by atoms with E-state index >= 15 is 0 Å². The van der Waals surface area contributed by atoms with E-state index in [0.29, 0.717) is 5.56 Å². The molecule has 1 unspecified atom stereocenters. The first kappa shape index (κ1) is 15.3. The fraction of sp³-hybridized carbons (Fsp3) is 0.0714. The Morgan fingerprint density at radius 1 is 1.05 bits per heavy atom. The Balaban J connectivity index is 1.97. The summed E-state index contributed by atoms with van der Waals surface area (Å²) in [5.74, 6) is -0.725. The van der Waals surface area contributed by atoms with E-state index in [0.717, 1.165) is 0 Å². The van der Waals surface area contributed by atoms with E-state index in [9.17, 15) is 14.3 Å². The maximum absolute atomic E-state index is 11.7. The lowest BCUT2D eigenvalue weighted by molar-refractivity contribution is -0.165. The minimum Gasteiger partial charge on any atom is -0.402 e. The van der Waals surface area contributed by atoms with Crippen molar-refractivity contribution in [1.29, 1.82) is 0 Å². The number of carbonyl (C=O) groups is 1. The van der Waals surface area contributed by atoms with E-state index in [1.165, 1.54) is 18.2 Å². The van der Waals surface area contributed by atoms with Gasteiger partial charge in [0.05, 0.1) is 5.56 Å². The van der Waals surface area contributed by atoms with Crippen LogP contribution in [0, 0.1) is 6.92 Å². The molecule has 0 saturated carbocycles. The third kappa shape index (κ3) is 4.43. The van der Waals surface area contributed by atoms with Crippen LogP contribution in [0.3, 0.4) is 0 Å². The standard InChI is InChI=1S/C14H13O6P/c1-11-7-5-6-10-13(11)19-21(16,17)20-18-14(15)12-8-3-2-4-9-12/h2-10H,1H3,(H,16,17). The Morgan fingerprint density at radius 3 is 2.33 bits per heavy atom. The summed E-state index contributed by atoms with van der Waals surface area (Å²) in [6.45, 7) is 1.70. The van der Waals surface area contributed by atoms with Crippen molar-refractivity contribution in [2.24, 2.45) is 0 Å². The van der Waals surface area contributed by atoms with E-state index in [4.69, 9.17) is 4.52 Å². The highest BCUT2D eigenvalue weighted by Gasteiger charge is 2.28. The Kier molecular flexibility index (Phi) is 4.75. The molecule has 0 spiro atoms. The number of carbonyl (C=O) groups excluding carboxylic acids is 1. The van der Waals surface area contributed by atoms with Crippen LogP contribution in [0.2, 0.25) is 0 Å². The topological polar surface area (TPSA) is 82.1 Å². The molecule has 0 aliphatic carbocycles. The molecule has 0 fully saturated rings. The molecule has 1 atom stereocenters. The number of phosphoric ester groups is 1. The fourth-order valence-corrected chi connectivity index (χ4v) is 2.15. The average Bonchev–Trinajstić information content (AvgIpc) is 2.48. The summed E-state index contributed by atoms with van der Waals surface area (Å²) in [5.41, 5.74) is 0.832. The SMILES string of the molecule is Cc1ccccc1OP(=O)(O)OOC(=O)c1ccccc1. The van der Waals surface area contributed by atoms with E-state index in [-0.39, 0.29) is 11.3 Å². The second-order valence-electron chi connectivity index (χ2n) is 4.14. The number of hydrogen-bond acceptors (Lipinski definition) is 5. The summed E-state index contributed by atoms with van der Waals surface area (Å²) in [5, 5.41) is 0. The normalized spacial score (nSPS) is 13.2. The lowest BCUT2D eigenvalue weighted by Crippen LogP contribution is -2.07. The van der Waals surface area contributed by atoms with Crippen LogP contribution >= 0.6 is 7.82 Å². The quantitative estimate of drug-likeness (QED) is 0.518. The van der Waals surface area contributed by atoms with Gasteiger partial charge in [0, 0.05) is 0 Å². The second-order valence-corrected chi connectivity index (χ2v) is 5.41. The van der Waals surface area contributed by atoms with Crippen LogP contribution in [-0.4, -0.2) is 10.9 Å². The number of phosphoric acid groups is 1. The Hall–Kier alpha value is -2.14. The van der Waals surface area contributed by atoms with Crippen LogP contribution in [0.1, 0.15) is 15.9 Å². The van der Waals surface area contributed by atoms with E-state index in [1.807, 2.05) is 0 Å². The first-order valence-corrected chi connectivity index (χ1v) is 7.51. The van der Waals surface area contributed by atoms with Gasteiger partial charge in [-0.15, -0.1) is 0 Å². The molecular formula is C14H13O6P. The van der Waals surface area contributed by atoms with Crippen LogP contribution in [0.15, 0.2) is 54.6 Å². The molecule has 0 bridgehead atoms. The van der Waals surface area contributed by atoms with Crippen molar-refractivity contribution in [2.45, 2.75) is 6.92 Å². The van der Waals surface area contributed by atoms with Crippen LogP contribution in [0.25, 0.3) is 0 Å². The van der Waals surface area contributed by atoms with E-state index in [1.54, 1.807) is 43.3 Å². The Bertz CT molecular complexity index is 670. The molecule has 2 rings (SSSR count). The molecule has 6 nitrogen and oxygen atoms in total. The lowest BCUT2D eigenvalue weighted by atomic mass is 10.2.